The molecule has 3 aromatic rings. The summed E-state index contributed by atoms with van der Waals surface area (Å²) in [5, 5.41) is 19.1. The minimum atomic E-state index is -0.572. The van der Waals surface area contributed by atoms with Gasteiger partial charge in [-0.1, -0.05) is 78.3 Å². The van der Waals surface area contributed by atoms with Crippen molar-refractivity contribution in [2.45, 2.75) is 0 Å². The molecule has 0 saturated heterocycles. The van der Waals surface area contributed by atoms with Crippen molar-refractivity contribution >= 4 is 35.0 Å². The van der Waals surface area contributed by atoms with Crippen LogP contribution in [0.2, 0.25) is 5.02 Å². The number of nitro groups is 1. The molecular formula is C21H14ClN3O3. The fraction of sp³-hybridized carbons (Fsp3) is 0. The minimum absolute atomic E-state index is 0.0369. The minimum Gasteiger partial charge on any atom is -0.287 e. The van der Waals surface area contributed by atoms with Crippen LogP contribution in [0.4, 0.5) is 5.69 Å². The molecule has 0 saturated carbocycles. The highest BCUT2D eigenvalue weighted by Crippen LogP contribution is 2.24. The van der Waals surface area contributed by atoms with E-state index in [1.807, 2.05) is 12.1 Å². The van der Waals surface area contributed by atoms with Crippen molar-refractivity contribution in [2.24, 2.45) is 10.2 Å². The molecule has 28 heavy (non-hydrogen) atoms. The summed E-state index contributed by atoms with van der Waals surface area (Å²) in [4.78, 5) is 23.3. The topological polar surface area (TPSA) is 84.9 Å². The first-order valence-electron chi connectivity index (χ1n) is 8.26. The molecule has 0 aliphatic carbocycles. The second-order valence-corrected chi connectivity index (χ2v) is 6.13. The molecule has 3 rings (SSSR count). The number of rotatable bonds is 6. The fourth-order valence-electron chi connectivity index (χ4n) is 2.46. The lowest BCUT2D eigenvalue weighted by molar-refractivity contribution is -0.384. The van der Waals surface area contributed by atoms with Crippen LogP contribution in [0.25, 0.3) is 0 Å². The first kappa shape index (κ1) is 19.1. The van der Waals surface area contributed by atoms with Crippen LogP contribution in [0.5, 0.6) is 0 Å². The standard InChI is InChI=1S/C21H14ClN3O3/c22-18-12-11-15(13-19(18)25(27)28)14-23-24-20(16-7-3-1-4-8-16)21(26)17-9-5-2-6-10-17/h1-14H. The van der Waals surface area contributed by atoms with Crippen molar-refractivity contribution in [1.82, 2.24) is 0 Å². The summed E-state index contributed by atoms with van der Waals surface area (Å²) in [7, 11) is 0. The Hall–Kier alpha value is -3.64. The zero-order chi connectivity index (χ0) is 19.9. The van der Waals surface area contributed by atoms with E-state index in [0.29, 0.717) is 16.7 Å². The van der Waals surface area contributed by atoms with Crippen LogP contribution in [0.1, 0.15) is 21.5 Å². The SMILES string of the molecule is O=C(C(=NN=Cc1ccc(Cl)c([N+](=O)[O-])c1)c1ccccc1)c1ccccc1. The van der Waals surface area contributed by atoms with E-state index >= 15 is 0 Å². The summed E-state index contributed by atoms with van der Waals surface area (Å²) in [5.41, 5.74) is 1.50. The number of hydrogen-bond acceptors (Lipinski definition) is 5. The number of ketones is 1. The molecule has 0 aromatic heterocycles. The number of nitro benzene ring substituents is 1. The molecule has 0 bridgehead atoms. The van der Waals surface area contributed by atoms with Crippen LogP contribution in [0, 0.1) is 10.1 Å². The normalized spacial score (nSPS) is 11.5. The van der Waals surface area contributed by atoms with Gasteiger partial charge in [-0.2, -0.15) is 5.10 Å². The molecule has 0 N–H and O–H groups in total. The van der Waals surface area contributed by atoms with Crippen molar-refractivity contribution in [1.29, 1.82) is 0 Å². The molecule has 0 aliphatic rings. The Kier molecular flexibility index (Phi) is 6.04. The lowest BCUT2D eigenvalue weighted by atomic mass is 10.0. The Balaban J connectivity index is 1.96. The molecule has 7 heteroatoms. The fourth-order valence-corrected chi connectivity index (χ4v) is 2.65. The molecule has 0 aliphatic heterocycles. The van der Waals surface area contributed by atoms with E-state index in [-0.39, 0.29) is 22.2 Å². The van der Waals surface area contributed by atoms with E-state index in [9.17, 15) is 14.9 Å². The highest BCUT2D eigenvalue weighted by atomic mass is 35.5. The van der Waals surface area contributed by atoms with E-state index < -0.39 is 4.92 Å². The predicted molar refractivity (Wildman–Crippen MR) is 109 cm³/mol. The number of nitrogens with zero attached hydrogens (tertiary/aromatic N) is 3. The molecule has 0 amide bonds. The van der Waals surface area contributed by atoms with Crippen molar-refractivity contribution < 1.29 is 9.72 Å². The average Bonchev–Trinajstić information content (AvgIpc) is 2.73. The third-order valence-corrected chi connectivity index (χ3v) is 4.15. The molecular weight excluding hydrogens is 378 g/mol. The maximum Gasteiger partial charge on any atom is 0.288 e. The van der Waals surface area contributed by atoms with Gasteiger partial charge in [0.25, 0.3) is 5.69 Å². The molecule has 0 unspecified atom stereocenters. The van der Waals surface area contributed by atoms with Gasteiger partial charge in [-0.05, 0) is 6.07 Å². The maximum atomic E-state index is 12.9. The van der Waals surface area contributed by atoms with E-state index in [1.165, 1.54) is 18.3 Å². The summed E-state index contributed by atoms with van der Waals surface area (Å²) in [6.45, 7) is 0. The number of hydrogen-bond donors (Lipinski definition) is 0. The van der Waals surface area contributed by atoms with Gasteiger partial charge < -0.3 is 0 Å². The summed E-state index contributed by atoms with van der Waals surface area (Å²) < 4.78 is 0. The molecule has 3 aromatic carbocycles. The second kappa shape index (κ2) is 8.83. The van der Waals surface area contributed by atoms with Crippen LogP contribution >= 0.6 is 11.6 Å². The van der Waals surface area contributed by atoms with Gasteiger partial charge in [-0.3, -0.25) is 14.9 Å². The Morgan fingerprint density at radius 1 is 0.929 bits per heavy atom. The molecule has 0 radical (unpaired) electrons. The van der Waals surface area contributed by atoms with E-state index in [0.717, 1.165) is 0 Å². The highest BCUT2D eigenvalue weighted by molar-refractivity contribution is 6.51. The first-order valence-corrected chi connectivity index (χ1v) is 8.64. The zero-order valence-corrected chi connectivity index (χ0v) is 15.3. The average molecular weight is 392 g/mol. The van der Waals surface area contributed by atoms with Gasteiger partial charge in [0.05, 0.1) is 11.1 Å². The largest absolute Gasteiger partial charge is 0.288 e. The quantitative estimate of drug-likeness (QED) is 0.258. The Labute approximate surface area is 166 Å². The lowest BCUT2D eigenvalue weighted by Gasteiger charge is -2.04. The summed E-state index contributed by atoms with van der Waals surface area (Å²) in [6, 6.07) is 22.0. The zero-order valence-electron chi connectivity index (χ0n) is 14.5. The number of carbonyl (C=O) groups excluding carboxylic acids is 1. The Morgan fingerprint density at radius 2 is 1.54 bits per heavy atom. The van der Waals surface area contributed by atoms with Gasteiger partial charge in [0.1, 0.15) is 10.7 Å². The van der Waals surface area contributed by atoms with E-state index in [4.69, 9.17) is 11.6 Å². The van der Waals surface area contributed by atoms with Crippen molar-refractivity contribution in [3.05, 3.63) is 111 Å². The smallest absolute Gasteiger partial charge is 0.287 e. The van der Waals surface area contributed by atoms with E-state index in [2.05, 4.69) is 10.2 Å². The van der Waals surface area contributed by atoms with E-state index in [1.54, 1.807) is 54.6 Å². The van der Waals surface area contributed by atoms with Gasteiger partial charge in [0.15, 0.2) is 0 Å². The number of halogens is 1. The third kappa shape index (κ3) is 4.55. The number of carbonyl (C=O) groups is 1. The van der Waals surface area contributed by atoms with Crippen LogP contribution in [-0.2, 0) is 0 Å². The summed E-state index contributed by atoms with van der Waals surface area (Å²) >= 11 is 5.81. The van der Waals surface area contributed by atoms with Crippen LogP contribution in [0.15, 0.2) is 89.1 Å². The van der Waals surface area contributed by atoms with Gasteiger partial charge in [0.2, 0.25) is 5.78 Å². The lowest BCUT2D eigenvalue weighted by Crippen LogP contribution is -2.15. The van der Waals surface area contributed by atoms with Gasteiger partial charge >= 0.3 is 0 Å². The van der Waals surface area contributed by atoms with Gasteiger partial charge in [-0.25, -0.2) is 0 Å². The number of Topliss-reactive ketones (excluding diaryl/α,β-unsaturated/α-hetero) is 1. The highest BCUT2D eigenvalue weighted by Gasteiger charge is 2.16. The molecule has 138 valence electrons. The van der Waals surface area contributed by atoms with Crippen LogP contribution in [0.3, 0.4) is 0 Å². The van der Waals surface area contributed by atoms with Gasteiger partial charge in [0, 0.05) is 22.8 Å². The summed E-state index contributed by atoms with van der Waals surface area (Å²) in [6.07, 6.45) is 1.34. The van der Waals surface area contributed by atoms with Crippen molar-refractivity contribution in [2.75, 3.05) is 0 Å². The molecule has 6 nitrogen and oxygen atoms in total. The number of benzene rings is 3. The van der Waals surface area contributed by atoms with Crippen molar-refractivity contribution in [3.63, 3.8) is 0 Å². The molecule has 0 spiro atoms. The predicted octanol–water partition coefficient (Wildman–Crippen LogP) is 4.95. The molecule has 0 heterocycles. The Morgan fingerprint density at radius 3 is 2.14 bits per heavy atom. The first-order chi connectivity index (χ1) is 13.6. The molecule has 0 atom stereocenters. The third-order valence-electron chi connectivity index (χ3n) is 3.83. The van der Waals surface area contributed by atoms with Crippen LogP contribution < -0.4 is 0 Å². The summed E-state index contributed by atoms with van der Waals surface area (Å²) in [5.74, 6) is -0.272. The van der Waals surface area contributed by atoms with Crippen molar-refractivity contribution in [3.8, 4) is 0 Å². The monoisotopic (exact) mass is 391 g/mol. The second-order valence-electron chi connectivity index (χ2n) is 5.72. The Bertz CT molecular complexity index is 1060. The maximum absolute atomic E-state index is 12.9. The molecule has 0 fully saturated rings. The van der Waals surface area contributed by atoms with Crippen LogP contribution in [-0.4, -0.2) is 22.6 Å². The van der Waals surface area contributed by atoms with Gasteiger partial charge in [-0.15, -0.1) is 5.10 Å².